The van der Waals surface area contributed by atoms with Crippen LogP contribution in [0.4, 0.5) is 17.5 Å². The van der Waals surface area contributed by atoms with Gasteiger partial charge in [0.15, 0.2) is 0 Å². The van der Waals surface area contributed by atoms with Crippen molar-refractivity contribution in [2.75, 3.05) is 10.7 Å². The zero-order valence-corrected chi connectivity index (χ0v) is 9.99. The third kappa shape index (κ3) is 3.05. The van der Waals surface area contributed by atoms with Gasteiger partial charge in [-0.25, -0.2) is 10.8 Å². The lowest BCUT2D eigenvalue weighted by molar-refractivity contribution is 1.07. The number of nitrogens with two attached hydrogens (primary N) is 1. The van der Waals surface area contributed by atoms with Crippen LogP contribution in [0.3, 0.4) is 0 Å². The Balaban J connectivity index is 2.26. The Labute approximate surface area is 104 Å². The number of aromatic nitrogens is 2. The van der Waals surface area contributed by atoms with Crippen molar-refractivity contribution in [3.63, 3.8) is 0 Å². The molecule has 0 unspecified atom stereocenters. The maximum absolute atomic E-state index is 5.90. The van der Waals surface area contributed by atoms with Gasteiger partial charge >= 0.3 is 0 Å². The number of hydrogen-bond acceptors (Lipinski definition) is 5. The number of aryl methyl sites for hydroxylation is 1. The van der Waals surface area contributed by atoms with Gasteiger partial charge in [0, 0.05) is 22.5 Å². The molecule has 0 atom stereocenters. The highest BCUT2D eigenvalue weighted by Crippen LogP contribution is 2.19. The number of rotatable bonds is 3. The zero-order valence-electron chi connectivity index (χ0n) is 9.24. The van der Waals surface area contributed by atoms with Crippen molar-refractivity contribution in [1.82, 2.24) is 9.97 Å². The van der Waals surface area contributed by atoms with E-state index in [0.29, 0.717) is 16.8 Å². The third-order valence-corrected chi connectivity index (χ3v) is 2.32. The SMILES string of the molecule is Cc1cc(Nc2cccc(Cl)c2)nc(NN)n1. The van der Waals surface area contributed by atoms with Crippen molar-refractivity contribution in [1.29, 1.82) is 0 Å². The van der Waals surface area contributed by atoms with Crippen molar-refractivity contribution >= 4 is 29.1 Å². The van der Waals surface area contributed by atoms with E-state index in [2.05, 4.69) is 20.7 Å². The van der Waals surface area contributed by atoms with E-state index in [-0.39, 0.29) is 0 Å². The molecular weight excluding hydrogens is 238 g/mol. The first-order valence-electron chi connectivity index (χ1n) is 5.02. The lowest BCUT2D eigenvalue weighted by atomic mass is 10.3. The molecule has 0 amide bonds. The fraction of sp³-hybridized carbons (Fsp3) is 0.0909. The first-order valence-corrected chi connectivity index (χ1v) is 5.40. The van der Waals surface area contributed by atoms with Gasteiger partial charge in [-0.2, -0.15) is 4.98 Å². The van der Waals surface area contributed by atoms with Gasteiger partial charge in [0.2, 0.25) is 5.95 Å². The van der Waals surface area contributed by atoms with E-state index in [1.165, 1.54) is 0 Å². The van der Waals surface area contributed by atoms with Gasteiger partial charge in [0.25, 0.3) is 0 Å². The summed E-state index contributed by atoms with van der Waals surface area (Å²) in [6.07, 6.45) is 0. The zero-order chi connectivity index (χ0) is 12.3. The monoisotopic (exact) mass is 249 g/mol. The van der Waals surface area contributed by atoms with Crippen LogP contribution in [0.5, 0.6) is 0 Å². The minimum absolute atomic E-state index is 0.370. The number of hydrogen-bond donors (Lipinski definition) is 3. The second-order valence-electron chi connectivity index (χ2n) is 3.50. The molecule has 17 heavy (non-hydrogen) atoms. The van der Waals surface area contributed by atoms with Gasteiger partial charge in [-0.1, -0.05) is 17.7 Å². The molecular formula is C11H12ClN5. The average molecular weight is 250 g/mol. The number of benzene rings is 1. The molecule has 1 aromatic heterocycles. The highest BCUT2D eigenvalue weighted by Gasteiger charge is 2.01. The molecule has 0 aliphatic carbocycles. The summed E-state index contributed by atoms with van der Waals surface area (Å²) >= 11 is 5.90. The van der Waals surface area contributed by atoms with Crippen LogP contribution in [-0.2, 0) is 0 Å². The fourth-order valence-corrected chi connectivity index (χ4v) is 1.60. The van der Waals surface area contributed by atoms with Crippen molar-refractivity contribution in [2.45, 2.75) is 6.92 Å². The minimum Gasteiger partial charge on any atom is -0.340 e. The van der Waals surface area contributed by atoms with Gasteiger partial charge < -0.3 is 5.32 Å². The van der Waals surface area contributed by atoms with Crippen LogP contribution in [0.15, 0.2) is 30.3 Å². The topological polar surface area (TPSA) is 75.9 Å². The van der Waals surface area contributed by atoms with Crippen LogP contribution in [0.1, 0.15) is 5.69 Å². The largest absolute Gasteiger partial charge is 0.340 e. The van der Waals surface area contributed by atoms with Crippen molar-refractivity contribution in [3.05, 3.63) is 41.0 Å². The number of halogens is 1. The second kappa shape index (κ2) is 4.99. The first-order chi connectivity index (χ1) is 8.17. The Kier molecular flexibility index (Phi) is 3.41. The van der Waals surface area contributed by atoms with Gasteiger partial charge in [0.05, 0.1) is 0 Å². The fourth-order valence-electron chi connectivity index (χ4n) is 1.41. The molecule has 88 valence electrons. The molecule has 0 aliphatic rings. The summed E-state index contributed by atoms with van der Waals surface area (Å²) in [5.74, 6) is 6.31. The highest BCUT2D eigenvalue weighted by atomic mass is 35.5. The Morgan fingerprint density at radius 1 is 1.24 bits per heavy atom. The maximum Gasteiger partial charge on any atom is 0.239 e. The van der Waals surface area contributed by atoms with E-state index in [1.807, 2.05) is 37.3 Å². The molecule has 0 radical (unpaired) electrons. The van der Waals surface area contributed by atoms with Gasteiger partial charge in [0.1, 0.15) is 5.82 Å². The number of nitrogens with zero attached hydrogens (tertiary/aromatic N) is 2. The molecule has 1 heterocycles. The summed E-state index contributed by atoms with van der Waals surface area (Å²) in [6, 6.07) is 9.21. The van der Waals surface area contributed by atoms with E-state index >= 15 is 0 Å². The Hall–Kier alpha value is -1.85. The summed E-state index contributed by atoms with van der Waals surface area (Å²) in [7, 11) is 0. The molecule has 0 saturated heterocycles. The molecule has 0 fully saturated rings. The van der Waals surface area contributed by atoms with Crippen LogP contribution in [0, 0.1) is 6.92 Å². The number of nitrogens with one attached hydrogen (secondary N) is 2. The lowest BCUT2D eigenvalue weighted by Crippen LogP contribution is -2.11. The third-order valence-electron chi connectivity index (χ3n) is 2.08. The van der Waals surface area contributed by atoms with E-state index in [1.54, 1.807) is 0 Å². The predicted octanol–water partition coefficient (Wildman–Crippen LogP) is 2.47. The standard InChI is InChI=1S/C11H12ClN5/c1-7-5-10(16-11(14-7)17-13)15-9-4-2-3-8(12)6-9/h2-6H,13H2,1H3,(H2,14,15,16,17). The Bertz CT molecular complexity index is 529. The van der Waals surface area contributed by atoms with E-state index in [9.17, 15) is 0 Å². The van der Waals surface area contributed by atoms with Crippen LogP contribution < -0.4 is 16.6 Å². The molecule has 0 aliphatic heterocycles. The molecule has 2 aromatic rings. The van der Waals surface area contributed by atoms with E-state index in [4.69, 9.17) is 17.4 Å². The summed E-state index contributed by atoms with van der Waals surface area (Å²) in [5.41, 5.74) is 4.09. The van der Waals surface area contributed by atoms with E-state index < -0.39 is 0 Å². The van der Waals surface area contributed by atoms with Crippen molar-refractivity contribution < 1.29 is 0 Å². The van der Waals surface area contributed by atoms with Crippen LogP contribution in [0.25, 0.3) is 0 Å². The average Bonchev–Trinajstić information content (AvgIpc) is 2.28. The Morgan fingerprint density at radius 2 is 2.06 bits per heavy atom. The summed E-state index contributed by atoms with van der Waals surface area (Å²) in [4.78, 5) is 8.27. The highest BCUT2D eigenvalue weighted by molar-refractivity contribution is 6.30. The molecule has 0 saturated carbocycles. The first kappa shape index (κ1) is 11.6. The van der Waals surface area contributed by atoms with Crippen LogP contribution >= 0.6 is 11.6 Å². The van der Waals surface area contributed by atoms with Crippen LogP contribution in [-0.4, -0.2) is 9.97 Å². The maximum atomic E-state index is 5.90. The van der Waals surface area contributed by atoms with Crippen molar-refractivity contribution in [2.24, 2.45) is 5.84 Å². The molecule has 5 nitrogen and oxygen atoms in total. The molecule has 4 N–H and O–H groups in total. The normalized spacial score (nSPS) is 10.1. The van der Waals surface area contributed by atoms with Crippen molar-refractivity contribution in [3.8, 4) is 0 Å². The number of hydrazine groups is 1. The minimum atomic E-state index is 0.370. The molecule has 6 heteroatoms. The summed E-state index contributed by atoms with van der Waals surface area (Å²) in [5, 5.41) is 3.79. The Morgan fingerprint density at radius 3 is 2.76 bits per heavy atom. The van der Waals surface area contributed by atoms with Gasteiger partial charge in [-0.05, 0) is 25.1 Å². The molecule has 1 aromatic carbocycles. The smallest absolute Gasteiger partial charge is 0.239 e. The lowest BCUT2D eigenvalue weighted by Gasteiger charge is -2.08. The van der Waals surface area contributed by atoms with Gasteiger partial charge in [-0.3, -0.25) is 5.43 Å². The number of anilines is 3. The number of nitrogen functional groups attached to an aromatic ring is 1. The predicted molar refractivity (Wildman–Crippen MR) is 69.3 cm³/mol. The summed E-state index contributed by atoms with van der Waals surface area (Å²) in [6.45, 7) is 1.87. The van der Waals surface area contributed by atoms with E-state index in [0.717, 1.165) is 11.4 Å². The quantitative estimate of drug-likeness (QED) is 0.576. The van der Waals surface area contributed by atoms with Gasteiger partial charge in [-0.15, -0.1) is 0 Å². The summed E-state index contributed by atoms with van der Waals surface area (Å²) < 4.78 is 0. The molecule has 2 rings (SSSR count). The molecule has 0 bridgehead atoms. The van der Waals surface area contributed by atoms with Crippen LogP contribution in [0.2, 0.25) is 5.02 Å². The molecule has 0 spiro atoms. The second-order valence-corrected chi connectivity index (χ2v) is 3.93.